The van der Waals surface area contributed by atoms with Gasteiger partial charge in [-0.05, 0) is 50.1 Å². The third-order valence-corrected chi connectivity index (χ3v) is 4.82. The highest BCUT2D eigenvalue weighted by Gasteiger charge is 2.36. The van der Waals surface area contributed by atoms with E-state index in [1.54, 1.807) is 4.90 Å². The lowest BCUT2D eigenvalue weighted by molar-refractivity contribution is -0.151. The first-order valence-electron chi connectivity index (χ1n) is 9.24. The Hall–Kier alpha value is -3.15. The van der Waals surface area contributed by atoms with Crippen molar-refractivity contribution >= 4 is 29.2 Å². The smallest absolute Gasteiger partial charge is 0.311 e. The summed E-state index contributed by atoms with van der Waals surface area (Å²) >= 11 is 0. The first kappa shape index (κ1) is 19.6. The molecule has 2 amide bonds. The summed E-state index contributed by atoms with van der Waals surface area (Å²) in [6.07, 6.45) is 0.0886. The molecule has 3 rings (SSSR count). The zero-order valence-corrected chi connectivity index (χ0v) is 16.3. The van der Waals surface area contributed by atoms with Gasteiger partial charge in [0.2, 0.25) is 5.91 Å². The molecule has 1 aliphatic heterocycles. The Kier molecular flexibility index (Phi) is 5.78. The van der Waals surface area contributed by atoms with Gasteiger partial charge in [0.1, 0.15) is 0 Å². The average molecular weight is 380 g/mol. The average Bonchev–Trinajstić information content (AvgIpc) is 3.05. The Labute approximate surface area is 164 Å². The van der Waals surface area contributed by atoms with Crippen LogP contribution in [0.15, 0.2) is 42.5 Å². The van der Waals surface area contributed by atoms with Gasteiger partial charge in [0, 0.05) is 24.3 Å². The van der Waals surface area contributed by atoms with Crippen LogP contribution >= 0.6 is 0 Å². The lowest BCUT2D eigenvalue weighted by Crippen LogP contribution is -2.28. The molecule has 2 aromatic carbocycles. The van der Waals surface area contributed by atoms with E-state index in [-0.39, 0.29) is 25.5 Å². The van der Waals surface area contributed by atoms with E-state index < -0.39 is 17.8 Å². The zero-order chi connectivity index (χ0) is 20.3. The Morgan fingerprint density at radius 2 is 1.75 bits per heavy atom. The number of nitrogens with zero attached hydrogens (tertiary/aromatic N) is 1. The molecule has 1 unspecified atom stereocenters. The van der Waals surface area contributed by atoms with Gasteiger partial charge < -0.3 is 15.0 Å². The van der Waals surface area contributed by atoms with Gasteiger partial charge in [0.05, 0.1) is 5.92 Å². The van der Waals surface area contributed by atoms with Crippen LogP contribution in [0.25, 0.3) is 0 Å². The Morgan fingerprint density at radius 1 is 1.07 bits per heavy atom. The topological polar surface area (TPSA) is 75.7 Å². The van der Waals surface area contributed by atoms with Gasteiger partial charge in [-0.2, -0.15) is 0 Å². The number of aryl methyl sites for hydroxylation is 3. The summed E-state index contributed by atoms with van der Waals surface area (Å²) in [4.78, 5) is 38.3. The second-order valence-electron chi connectivity index (χ2n) is 7.22. The molecule has 0 saturated carbocycles. The third kappa shape index (κ3) is 4.57. The van der Waals surface area contributed by atoms with E-state index in [4.69, 9.17) is 4.74 Å². The molecule has 0 spiro atoms. The number of anilines is 2. The number of carbonyl (C=O) groups is 3. The first-order chi connectivity index (χ1) is 13.3. The van der Waals surface area contributed by atoms with Crippen molar-refractivity contribution in [1.29, 1.82) is 0 Å². The second kappa shape index (κ2) is 8.25. The van der Waals surface area contributed by atoms with Crippen molar-refractivity contribution in [3.63, 3.8) is 0 Å². The van der Waals surface area contributed by atoms with E-state index in [1.807, 2.05) is 63.2 Å². The van der Waals surface area contributed by atoms with Crippen molar-refractivity contribution in [3.8, 4) is 0 Å². The summed E-state index contributed by atoms with van der Waals surface area (Å²) in [5.74, 6) is -1.62. The molecule has 28 heavy (non-hydrogen) atoms. The fraction of sp³-hybridized carbons (Fsp3) is 0.318. The molecule has 1 heterocycles. The highest BCUT2D eigenvalue weighted by atomic mass is 16.5. The Balaban J connectivity index is 1.53. The molecule has 6 nitrogen and oxygen atoms in total. The van der Waals surface area contributed by atoms with Crippen molar-refractivity contribution in [1.82, 2.24) is 0 Å². The summed E-state index contributed by atoms with van der Waals surface area (Å²) in [5, 5.41) is 2.75. The lowest BCUT2D eigenvalue weighted by atomic mass is 10.1. The summed E-state index contributed by atoms with van der Waals surface area (Å²) in [6.45, 7) is 5.69. The van der Waals surface area contributed by atoms with Crippen molar-refractivity contribution in [2.45, 2.75) is 27.2 Å². The van der Waals surface area contributed by atoms with Crippen molar-refractivity contribution < 1.29 is 19.1 Å². The molecule has 1 aliphatic rings. The molecule has 0 aliphatic carbocycles. The minimum absolute atomic E-state index is 0.0886. The summed E-state index contributed by atoms with van der Waals surface area (Å²) in [6, 6.07) is 13.3. The van der Waals surface area contributed by atoms with Crippen LogP contribution < -0.4 is 10.2 Å². The van der Waals surface area contributed by atoms with Crippen LogP contribution in [0.3, 0.4) is 0 Å². The molecule has 1 fully saturated rings. The van der Waals surface area contributed by atoms with Crippen molar-refractivity contribution in [3.05, 3.63) is 59.2 Å². The first-order valence-corrected chi connectivity index (χ1v) is 9.24. The molecule has 146 valence electrons. The summed E-state index contributed by atoms with van der Waals surface area (Å²) in [7, 11) is 0. The maximum atomic E-state index is 12.3. The zero-order valence-electron chi connectivity index (χ0n) is 16.3. The van der Waals surface area contributed by atoms with Gasteiger partial charge in [-0.1, -0.05) is 29.8 Å². The van der Waals surface area contributed by atoms with Gasteiger partial charge in [0.15, 0.2) is 6.61 Å². The fourth-order valence-electron chi connectivity index (χ4n) is 3.15. The SMILES string of the molecule is Cc1ccc(N2CC(C(=O)OCC(=O)Nc3cc(C)ccc3C)CC2=O)cc1. The minimum atomic E-state index is -0.567. The van der Waals surface area contributed by atoms with E-state index in [1.165, 1.54) is 0 Å². The third-order valence-electron chi connectivity index (χ3n) is 4.82. The van der Waals surface area contributed by atoms with Crippen LogP contribution in [0.5, 0.6) is 0 Å². The van der Waals surface area contributed by atoms with Gasteiger partial charge in [0.25, 0.3) is 5.91 Å². The minimum Gasteiger partial charge on any atom is -0.455 e. The molecule has 2 aromatic rings. The van der Waals surface area contributed by atoms with E-state index >= 15 is 0 Å². The highest BCUT2D eigenvalue weighted by Crippen LogP contribution is 2.26. The molecule has 0 aromatic heterocycles. The quantitative estimate of drug-likeness (QED) is 0.809. The number of esters is 1. The summed E-state index contributed by atoms with van der Waals surface area (Å²) in [5.41, 5.74) is 4.52. The Morgan fingerprint density at radius 3 is 2.46 bits per heavy atom. The number of amides is 2. The van der Waals surface area contributed by atoms with Crippen LogP contribution in [0.4, 0.5) is 11.4 Å². The van der Waals surface area contributed by atoms with Gasteiger partial charge >= 0.3 is 5.97 Å². The number of benzene rings is 2. The normalized spacial score (nSPS) is 16.2. The largest absolute Gasteiger partial charge is 0.455 e. The molecule has 1 saturated heterocycles. The van der Waals surface area contributed by atoms with Crippen LogP contribution in [0.2, 0.25) is 0 Å². The molecule has 1 atom stereocenters. The van der Waals surface area contributed by atoms with E-state index in [2.05, 4.69) is 5.32 Å². The molecule has 0 radical (unpaired) electrons. The van der Waals surface area contributed by atoms with Crippen LogP contribution in [0, 0.1) is 26.7 Å². The second-order valence-corrected chi connectivity index (χ2v) is 7.22. The molecular weight excluding hydrogens is 356 g/mol. The van der Waals surface area contributed by atoms with Gasteiger partial charge in [-0.15, -0.1) is 0 Å². The summed E-state index contributed by atoms with van der Waals surface area (Å²) < 4.78 is 5.15. The maximum Gasteiger partial charge on any atom is 0.311 e. The fourth-order valence-corrected chi connectivity index (χ4v) is 3.15. The standard InChI is InChI=1S/C22H24N2O4/c1-14-5-8-18(9-6-14)24-12-17(11-21(24)26)22(27)28-13-20(25)23-19-10-15(2)4-7-16(19)3/h4-10,17H,11-13H2,1-3H3,(H,23,25). The molecular formula is C22H24N2O4. The molecule has 6 heteroatoms. The molecule has 1 N–H and O–H groups in total. The number of ether oxygens (including phenoxy) is 1. The predicted octanol–water partition coefficient (Wildman–Crippen LogP) is 3.15. The maximum absolute atomic E-state index is 12.3. The number of nitrogens with one attached hydrogen (secondary N) is 1. The van der Waals surface area contributed by atoms with Crippen molar-refractivity contribution in [2.24, 2.45) is 5.92 Å². The van der Waals surface area contributed by atoms with Crippen LogP contribution in [-0.2, 0) is 19.1 Å². The number of hydrogen-bond donors (Lipinski definition) is 1. The van der Waals surface area contributed by atoms with Crippen LogP contribution in [-0.4, -0.2) is 30.9 Å². The monoisotopic (exact) mass is 380 g/mol. The number of carbonyl (C=O) groups excluding carboxylic acids is 3. The van der Waals surface area contributed by atoms with Gasteiger partial charge in [-0.25, -0.2) is 0 Å². The molecule has 0 bridgehead atoms. The number of rotatable bonds is 5. The van der Waals surface area contributed by atoms with E-state index in [9.17, 15) is 14.4 Å². The van der Waals surface area contributed by atoms with E-state index in [0.717, 1.165) is 22.4 Å². The van der Waals surface area contributed by atoms with E-state index in [0.29, 0.717) is 5.69 Å². The lowest BCUT2D eigenvalue weighted by Gasteiger charge is -2.16. The van der Waals surface area contributed by atoms with Gasteiger partial charge in [-0.3, -0.25) is 14.4 Å². The number of hydrogen-bond acceptors (Lipinski definition) is 4. The van der Waals surface area contributed by atoms with Crippen LogP contribution in [0.1, 0.15) is 23.1 Å². The highest BCUT2D eigenvalue weighted by molar-refractivity contribution is 6.00. The predicted molar refractivity (Wildman–Crippen MR) is 107 cm³/mol. The van der Waals surface area contributed by atoms with Crippen molar-refractivity contribution in [2.75, 3.05) is 23.4 Å². The Bertz CT molecular complexity index is 905.